The van der Waals surface area contributed by atoms with Crippen molar-refractivity contribution in [2.24, 2.45) is 0 Å². The van der Waals surface area contributed by atoms with Crippen LogP contribution in [-0.2, 0) is 6.42 Å². The number of benzene rings is 2. The Morgan fingerprint density at radius 3 is 2.67 bits per heavy atom. The van der Waals surface area contributed by atoms with Gasteiger partial charge in [-0.15, -0.1) is 0 Å². The molecule has 24 heavy (non-hydrogen) atoms. The molecule has 0 unspecified atom stereocenters. The predicted octanol–water partition coefficient (Wildman–Crippen LogP) is 4.52. The molecule has 118 valence electrons. The molecule has 2 aromatic carbocycles. The standard InChI is InChI=1S/C20H17N3O/c1-13-3-8-18-17(11-13)20-14(2)22-24-19(20)9-10-23(18)16-6-4-15(12-21)5-7-16/h3-8,11H,9-10H2,1-2H3. The van der Waals surface area contributed by atoms with E-state index in [1.165, 1.54) is 5.56 Å². The van der Waals surface area contributed by atoms with Crippen molar-refractivity contribution in [3.05, 3.63) is 65.0 Å². The zero-order valence-corrected chi connectivity index (χ0v) is 13.7. The van der Waals surface area contributed by atoms with Crippen molar-refractivity contribution < 1.29 is 4.52 Å². The molecular formula is C20H17N3O. The van der Waals surface area contributed by atoms with E-state index in [2.05, 4.69) is 41.2 Å². The topological polar surface area (TPSA) is 53.1 Å². The molecule has 0 bridgehead atoms. The van der Waals surface area contributed by atoms with Gasteiger partial charge in [-0.05, 0) is 50.2 Å². The van der Waals surface area contributed by atoms with Crippen LogP contribution in [0.15, 0.2) is 47.0 Å². The second kappa shape index (κ2) is 5.54. The maximum absolute atomic E-state index is 9.01. The fourth-order valence-electron chi connectivity index (χ4n) is 3.34. The van der Waals surface area contributed by atoms with Crippen molar-refractivity contribution in [1.82, 2.24) is 5.16 Å². The van der Waals surface area contributed by atoms with Crippen LogP contribution < -0.4 is 4.90 Å². The Morgan fingerprint density at radius 2 is 1.92 bits per heavy atom. The SMILES string of the molecule is Cc1ccc2c(c1)-c1c(C)noc1CCN2c1ccc(C#N)cc1. The van der Waals surface area contributed by atoms with E-state index in [4.69, 9.17) is 9.78 Å². The number of anilines is 2. The third kappa shape index (κ3) is 2.26. The summed E-state index contributed by atoms with van der Waals surface area (Å²) in [5.74, 6) is 0.940. The van der Waals surface area contributed by atoms with E-state index in [0.717, 1.165) is 46.9 Å². The molecule has 0 radical (unpaired) electrons. The van der Waals surface area contributed by atoms with E-state index < -0.39 is 0 Å². The summed E-state index contributed by atoms with van der Waals surface area (Å²) in [6, 6.07) is 16.4. The third-order valence-electron chi connectivity index (χ3n) is 4.52. The van der Waals surface area contributed by atoms with Crippen molar-refractivity contribution in [3.63, 3.8) is 0 Å². The van der Waals surface area contributed by atoms with Crippen LogP contribution in [0.2, 0.25) is 0 Å². The van der Waals surface area contributed by atoms with Crippen LogP contribution in [-0.4, -0.2) is 11.7 Å². The monoisotopic (exact) mass is 315 g/mol. The van der Waals surface area contributed by atoms with Gasteiger partial charge in [-0.25, -0.2) is 0 Å². The van der Waals surface area contributed by atoms with E-state index in [0.29, 0.717) is 5.56 Å². The highest BCUT2D eigenvalue weighted by Gasteiger charge is 2.25. The predicted molar refractivity (Wildman–Crippen MR) is 93.3 cm³/mol. The highest BCUT2D eigenvalue weighted by molar-refractivity contribution is 5.86. The molecule has 4 heteroatoms. The maximum Gasteiger partial charge on any atom is 0.146 e. The molecule has 0 saturated heterocycles. The van der Waals surface area contributed by atoms with Gasteiger partial charge in [-0.1, -0.05) is 16.8 Å². The first-order valence-electron chi connectivity index (χ1n) is 8.01. The fraction of sp³-hybridized carbons (Fsp3) is 0.200. The Morgan fingerprint density at radius 1 is 1.12 bits per heavy atom. The summed E-state index contributed by atoms with van der Waals surface area (Å²) >= 11 is 0. The van der Waals surface area contributed by atoms with E-state index in [1.54, 1.807) is 0 Å². The first-order valence-corrected chi connectivity index (χ1v) is 8.01. The van der Waals surface area contributed by atoms with Crippen molar-refractivity contribution in [2.45, 2.75) is 20.3 Å². The van der Waals surface area contributed by atoms with E-state index in [-0.39, 0.29) is 0 Å². The zero-order valence-electron chi connectivity index (χ0n) is 13.7. The molecule has 2 heterocycles. The molecule has 1 aromatic heterocycles. The van der Waals surface area contributed by atoms with Crippen LogP contribution in [0.25, 0.3) is 11.1 Å². The Bertz CT molecular complexity index is 948. The lowest BCUT2D eigenvalue weighted by atomic mass is 9.99. The van der Waals surface area contributed by atoms with Gasteiger partial charge in [0.25, 0.3) is 0 Å². The Hall–Kier alpha value is -3.06. The number of aryl methyl sites for hydroxylation is 2. The number of nitriles is 1. The van der Waals surface area contributed by atoms with Crippen LogP contribution >= 0.6 is 0 Å². The molecule has 1 aliphatic rings. The van der Waals surface area contributed by atoms with Crippen LogP contribution in [0.5, 0.6) is 0 Å². The van der Waals surface area contributed by atoms with Gasteiger partial charge in [0.15, 0.2) is 0 Å². The first-order chi connectivity index (χ1) is 11.7. The molecule has 1 aliphatic heterocycles. The maximum atomic E-state index is 9.01. The fourth-order valence-corrected chi connectivity index (χ4v) is 3.34. The van der Waals surface area contributed by atoms with Gasteiger partial charge < -0.3 is 9.42 Å². The third-order valence-corrected chi connectivity index (χ3v) is 4.52. The zero-order chi connectivity index (χ0) is 16.7. The van der Waals surface area contributed by atoms with Gasteiger partial charge in [0.2, 0.25) is 0 Å². The number of aromatic nitrogens is 1. The van der Waals surface area contributed by atoms with Crippen LogP contribution in [0.4, 0.5) is 11.4 Å². The molecule has 0 amide bonds. The summed E-state index contributed by atoms with van der Waals surface area (Å²) in [6.07, 6.45) is 0.796. The average Bonchev–Trinajstić information content (AvgIpc) is 2.88. The van der Waals surface area contributed by atoms with E-state index in [1.807, 2.05) is 31.2 Å². The van der Waals surface area contributed by atoms with Crippen LogP contribution in [0.3, 0.4) is 0 Å². The lowest BCUT2D eigenvalue weighted by Gasteiger charge is -2.25. The summed E-state index contributed by atoms with van der Waals surface area (Å²) < 4.78 is 5.56. The molecular weight excluding hydrogens is 298 g/mol. The summed E-state index contributed by atoms with van der Waals surface area (Å²) in [6.45, 7) is 4.90. The summed E-state index contributed by atoms with van der Waals surface area (Å²) in [5, 5.41) is 13.2. The number of hydrogen-bond donors (Lipinski definition) is 0. The molecule has 4 rings (SSSR count). The van der Waals surface area contributed by atoms with E-state index in [9.17, 15) is 0 Å². The van der Waals surface area contributed by atoms with Crippen molar-refractivity contribution >= 4 is 11.4 Å². The second-order valence-electron chi connectivity index (χ2n) is 6.15. The second-order valence-corrected chi connectivity index (χ2v) is 6.15. The molecule has 4 nitrogen and oxygen atoms in total. The highest BCUT2D eigenvalue weighted by atomic mass is 16.5. The van der Waals surface area contributed by atoms with Gasteiger partial charge in [-0.3, -0.25) is 0 Å². The van der Waals surface area contributed by atoms with Gasteiger partial charge >= 0.3 is 0 Å². The number of nitrogens with zero attached hydrogens (tertiary/aromatic N) is 3. The molecule has 0 atom stereocenters. The van der Waals surface area contributed by atoms with E-state index >= 15 is 0 Å². The summed E-state index contributed by atoms with van der Waals surface area (Å²) in [4.78, 5) is 2.28. The molecule has 0 N–H and O–H groups in total. The molecule has 0 fully saturated rings. The Balaban J connectivity index is 1.89. The summed E-state index contributed by atoms with van der Waals surface area (Å²) in [5.41, 5.74) is 7.31. The summed E-state index contributed by atoms with van der Waals surface area (Å²) in [7, 11) is 0. The normalized spacial score (nSPS) is 13.0. The van der Waals surface area contributed by atoms with Crippen molar-refractivity contribution in [2.75, 3.05) is 11.4 Å². The molecule has 0 spiro atoms. The first kappa shape index (κ1) is 14.5. The molecule has 0 saturated carbocycles. The number of hydrogen-bond acceptors (Lipinski definition) is 4. The van der Waals surface area contributed by atoms with Crippen LogP contribution in [0.1, 0.15) is 22.6 Å². The highest BCUT2D eigenvalue weighted by Crippen LogP contribution is 2.41. The molecule has 0 aliphatic carbocycles. The smallest absolute Gasteiger partial charge is 0.146 e. The van der Waals surface area contributed by atoms with Crippen molar-refractivity contribution in [3.8, 4) is 17.2 Å². The van der Waals surface area contributed by atoms with Gasteiger partial charge in [0.1, 0.15) is 5.76 Å². The lowest BCUT2D eigenvalue weighted by Crippen LogP contribution is -2.19. The average molecular weight is 315 g/mol. The van der Waals surface area contributed by atoms with Gasteiger partial charge in [0, 0.05) is 35.5 Å². The minimum atomic E-state index is 0.671. The van der Waals surface area contributed by atoms with Gasteiger partial charge in [-0.2, -0.15) is 5.26 Å². The quantitative estimate of drug-likeness (QED) is 0.662. The number of rotatable bonds is 1. The Labute approximate surface area is 140 Å². The largest absolute Gasteiger partial charge is 0.360 e. The molecule has 3 aromatic rings. The minimum absolute atomic E-state index is 0.671. The number of fused-ring (bicyclic) bond motifs is 3. The van der Waals surface area contributed by atoms with Crippen molar-refractivity contribution in [1.29, 1.82) is 5.26 Å². The lowest BCUT2D eigenvalue weighted by molar-refractivity contribution is 0.381. The van der Waals surface area contributed by atoms with Gasteiger partial charge in [0.05, 0.1) is 17.3 Å². The van der Waals surface area contributed by atoms with Crippen LogP contribution in [0, 0.1) is 25.2 Å². The Kier molecular flexibility index (Phi) is 3.35. The minimum Gasteiger partial charge on any atom is -0.360 e.